The van der Waals surface area contributed by atoms with Gasteiger partial charge in [-0.25, -0.2) is 0 Å². The second kappa shape index (κ2) is 7.07. The molecule has 2 N–H and O–H groups in total. The lowest BCUT2D eigenvalue weighted by Crippen LogP contribution is -2.16. The van der Waals surface area contributed by atoms with Gasteiger partial charge < -0.3 is 15.4 Å². The van der Waals surface area contributed by atoms with E-state index in [1.54, 1.807) is 13.2 Å². The molecule has 0 spiro atoms. The van der Waals surface area contributed by atoms with Crippen molar-refractivity contribution in [1.82, 2.24) is 5.32 Å². The van der Waals surface area contributed by atoms with E-state index < -0.39 is 0 Å². The highest BCUT2D eigenvalue weighted by atomic mass is 32.1. The number of carbonyl (C=O) groups excluding carboxylic acids is 1. The largest absolute Gasteiger partial charge is 0.495 e. The van der Waals surface area contributed by atoms with Crippen molar-refractivity contribution in [2.75, 3.05) is 19.0 Å². The van der Waals surface area contributed by atoms with Gasteiger partial charge >= 0.3 is 0 Å². The second-order valence-corrected chi connectivity index (χ2v) is 5.13. The molecule has 0 atom stereocenters. The summed E-state index contributed by atoms with van der Waals surface area (Å²) in [5.74, 6) is 0.470. The molecule has 1 aromatic heterocycles. The minimum absolute atomic E-state index is 0.138. The average molecular weight is 290 g/mol. The lowest BCUT2D eigenvalue weighted by atomic mass is 10.1. The van der Waals surface area contributed by atoms with Crippen LogP contribution in [0.1, 0.15) is 22.2 Å². The highest BCUT2D eigenvalue weighted by molar-refractivity contribution is 7.12. The molecule has 2 rings (SSSR count). The van der Waals surface area contributed by atoms with Gasteiger partial charge in [0.05, 0.1) is 7.11 Å². The van der Waals surface area contributed by atoms with Crippen molar-refractivity contribution in [1.29, 1.82) is 0 Å². The van der Waals surface area contributed by atoms with E-state index >= 15 is 0 Å². The van der Waals surface area contributed by atoms with Crippen molar-refractivity contribution >= 4 is 22.9 Å². The van der Waals surface area contributed by atoms with E-state index in [1.165, 1.54) is 11.3 Å². The first kappa shape index (κ1) is 14.6. The Kier molecular flexibility index (Phi) is 5.15. The van der Waals surface area contributed by atoms with E-state index in [4.69, 9.17) is 4.74 Å². The van der Waals surface area contributed by atoms with Gasteiger partial charge in [0, 0.05) is 12.2 Å². The Labute approximate surface area is 122 Å². The Morgan fingerprint density at radius 1 is 1.30 bits per heavy atom. The maximum atomic E-state index is 12.3. The number of nitrogens with one attached hydrogen (secondary N) is 2. The third-order valence-electron chi connectivity index (χ3n) is 2.89. The van der Waals surface area contributed by atoms with Crippen molar-refractivity contribution in [2.24, 2.45) is 0 Å². The van der Waals surface area contributed by atoms with Gasteiger partial charge in [-0.05, 0) is 29.6 Å². The van der Waals surface area contributed by atoms with Crippen LogP contribution in [-0.2, 0) is 6.54 Å². The summed E-state index contributed by atoms with van der Waals surface area (Å²) in [5, 5.41) is 8.06. The number of anilines is 1. The fourth-order valence-corrected chi connectivity index (χ4v) is 2.61. The van der Waals surface area contributed by atoms with Crippen molar-refractivity contribution < 1.29 is 9.53 Å². The van der Waals surface area contributed by atoms with E-state index in [0.717, 1.165) is 24.3 Å². The van der Waals surface area contributed by atoms with Crippen LogP contribution in [-0.4, -0.2) is 19.6 Å². The number of ether oxygens (including phenoxy) is 1. The molecule has 0 saturated carbocycles. The normalized spacial score (nSPS) is 10.3. The molecule has 106 valence electrons. The first-order chi connectivity index (χ1) is 9.76. The van der Waals surface area contributed by atoms with E-state index in [2.05, 4.69) is 17.6 Å². The summed E-state index contributed by atoms with van der Waals surface area (Å²) in [7, 11) is 1.57. The minimum Gasteiger partial charge on any atom is -0.495 e. The highest BCUT2D eigenvalue weighted by Gasteiger charge is 2.15. The predicted octanol–water partition coefficient (Wildman–Crippen LogP) is 3.12. The van der Waals surface area contributed by atoms with Crippen LogP contribution in [0.25, 0.3) is 0 Å². The molecule has 0 aliphatic rings. The third-order valence-corrected chi connectivity index (χ3v) is 3.78. The van der Waals surface area contributed by atoms with Gasteiger partial charge in [-0.3, -0.25) is 4.79 Å². The van der Waals surface area contributed by atoms with Crippen LogP contribution >= 0.6 is 11.3 Å². The zero-order valence-corrected chi connectivity index (χ0v) is 12.4. The van der Waals surface area contributed by atoms with Gasteiger partial charge in [0.25, 0.3) is 5.91 Å². The number of para-hydroxylation sites is 1. The smallest absolute Gasteiger partial charge is 0.269 e. The highest BCUT2D eigenvalue weighted by Crippen LogP contribution is 2.26. The summed E-state index contributed by atoms with van der Waals surface area (Å²) in [6.07, 6.45) is 0. The molecular weight excluding hydrogens is 272 g/mol. The van der Waals surface area contributed by atoms with Crippen molar-refractivity contribution in [2.45, 2.75) is 13.5 Å². The topological polar surface area (TPSA) is 50.4 Å². The maximum absolute atomic E-state index is 12.3. The summed E-state index contributed by atoms with van der Waals surface area (Å²) >= 11 is 1.37. The Bertz CT molecular complexity index is 581. The second-order valence-electron chi connectivity index (χ2n) is 4.21. The van der Waals surface area contributed by atoms with Crippen molar-refractivity contribution in [3.05, 3.63) is 46.2 Å². The van der Waals surface area contributed by atoms with Gasteiger partial charge in [0.1, 0.15) is 10.6 Å². The molecule has 1 heterocycles. The molecule has 1 aromatic carbocycles. The van der Waals surface area contributed by atoms with Crippen LogP contribution in [0.4, 0.5) is 5.69 Å². The zero-order valence-electron chi connectivity index (χ0n) is 11.6. The summed E-state index contributed by atoms with van der Waals surface area (Å²) < 4.78 is 5.18. The van der Waals surface area contributed by atoms with E-state index in [9.17, 15) is 4.79 Å². The monoisotopic (exact) mass is 290 g/mol. The average Bonchev–Trinajstić information content (AvgIpc) is 2.95. The maximum Gasteiger partial charge on any atom is 0.269 e. The molecule has 2 aromatic rings. The lowest BCUT2D eigenvalue weighted by molar-refractivity contribution is 0.102. The molecule has 0 aliphatic carbocycles. The van der Waals surface area contributed by atoms with Crippen LogP contribution in [0.3, 0.4) is 0 Å². The fraction of sp³-hybridized carbons (Fsp3) is 0.267. The van der Waals surface area contributed by atoms with Crippen LogP contribution in [0.15, 0.2) is 35.7 Å². The Morgan fingerprint density at radius 3 is 2.85 bits per heavy atom. The molecule has 0 aliphatic heterocycles. The summed E-state index contributed by atoms with van der Waals surface area (Å²) in [5.41, 5.74) is 1.90. The molecule has 0 radical (unpaired) electrons. The van der Waals surface area contributed by atoms with Gasteiger partial charge in [-0.15, -0.1) is 11.3 Å². The number of rotatable bonds is 6. The SMILES string of the molecule is CCNCc1ccccc1NC(=O)c1sccc1OC. The number of thiophene rings is 1. The Hall–Kier alpha value is -1.85. The molecule has 5 heteroatoms. The molecule has 4 nitrogen and oxygen atoms in total. The van der Waals surface area contributed by atoms with E-state index in [0.29, 0.717) is 10.6 Å². The van der Waals surface area contributed by atoms with E-state index in [-0.39, 0.29) is 5.91 Å². The third kappa shape index (κ3) is 3.37. The molecule has 0 unspecified atom stereocenters. The number of amides is 1. The quantitative estimate of drug-likeness (QED) is 0.859. The van der Waals surface area contributed by atoms with Crippen LogP contribution in [0.2, 0.25) is 0 Å². The number of benzene rings is 1. The van der Waals surface area contributed by atoms with Gasteiger partial charge in [0.15, 0.2) is 0 Å². The number of methoxy groups -OCH3 is 1. The first-order valence-corrected chi connectivity index (χ1v) is 7.35. The summed E-state index contributed by atoms with van der Waals surface area (Å²) in [6, 6.07) is 9.59. The van der Waals surface area contributed by atoms with Gasteiger partial charge in [0.2, 0.25) is 0 Å². The molecule has 0 saturated heterocycles. The number of hydrogen-bond donors (Lipinski definition) is 2. The fourth-order valence-electron chi connectivity index (χ4n) is 1.86. The Morgan fingerprint density at radius 2 is 2.10 bits per heavy atom. The number of hydrogen-bond acceptors (Lipinski definition) is 4. The predicted molar refractivity (Wildman–Crippen MR) is 82.6 cm³/mol. The van der Waals surface area contributed by atoms with Gasteiger partial charge in [-0.1, -0.05) is 25.1 Å². The number of carbonyl (C=O) groups is 1. The first-order valence-electron chi connectivity index (χ1n) is 6.47. The minimum atomic E-state index is -0.138. The van der Waals surface area contributed by atoms with Crippen LogP contribution in [0.5, 0.6) is 5.75 Å². The van der Waals surface area contributed by atoms with Crippen LogP contribution < -0.4 is 15.4 Å². The Balaban J connectivity index is 2.15. The van der Waals surface area contributed by atoms with Gasteiger partial charge in [-0.2, -0.15) is 0 Å². The molecule has 1 amide bonds. The lowest BCUT2D eigenvalue weighted by Gasteiger charge is -2.11. The van der Waals surface area contributed by atoms with E-state index in [1.807, 2.05) is 29.6 Å². The summed E-state index contributed by atoms with van der Waals surface area (Å²) in [6.45, 7) is 3.67. The van der Waals surface area contributed by atoms with Crippen molar-refractivity contribution in [3.63, 3.8) is 0 Å². The molecular formula is C15H18N2O2S. The summed E-state index contributed by atoms with van der Waals surface area (Å²) in [4.78, 5) is 12.9. The molecule has 20 heavy (non-hydrogen) atoms. The van der Waals surface area contributed by atoms with Crippen molar-refractivity contribution in [3.8, 4) is 5.75 Å². The standard InChI is InChI=1S/C15H18N2O2S/c1-3-16-10-11-6-4-5-7-12(11)17-15(18)14-13(19-2)8-9-20-14/h4-9,16H,3,10H2,1-2H3,(H,17,18). The van der Waals surface area contributed by atoms with Crippen LogP contribution in [0, 0.1) is 0 Å². The molecule has 0 bridgehead atoms. The molecule has 0 fully saturated rings. The zero-order chi connectivity index (χ0) is 14.4.